The van der Waals surface area contributed by atoms with Crippen molar-refractivity contribution < 1.29 is 4.59 Å². The van der Waals surface area contributed by atoms with Crippen LogP contribution in [0.1, 0.15) is 104 Å². The van der Waals surface area contributed by atoms with Crippen molar-refractivity contribution in [2.75, 3.05) is 13.1 Å². The third-order valence-corrected chi connectivity index (χ3v) is 5.43. The fourth-order valence-electron chi connectivity index (χ4n) is 3.41. The Morgan fingerprint density at radius 3 is 1.70 bits per heavy atom. The van der Waals surface area contributed by atoms with Crippen molar-refractivity contribution in [1.29, 1.82) is 0 Å². The van der Waals surface area contributed by atoms with Gasteiger partial charge < -0.3 is 0 Å². The molecule has 2 atom stereocenters. The molecule has 2 N–H and O–H groups in total. The minimum absolute atomic E-state index is 0.720. The molecule has 0 aliphatic carbocycles. The van der Waals surface area contributed by atoms with Gasteiger partial charge in [0.2, 0.25) is 0 Å². The van der Waals surface area contributed by atoms with Crippen LogP contribution in [-0.4, -0.2) is 23.7 Å². The second-order valence-corrected chi connectivity index (χ2v) is 7.80. The summed E-state index contributed by atoms with van der Waals surface area (Å²) in [5, 5.41) is 0. The molecule has 1 heterocycles. The van der Waals surface area contributed by atoms with Crippen molar-refractivity contribution >= 4 is 0 Å². The summed E-state index contributed by atoms with van der Waals surface area (Å²) < 4.78 is 0.851. The van der Waals surface area contributed by atoms with Gasteiger partial charge in [0.1, 0.15) is 0 Å². The van der Waals surface area contributed by atoms with Crippen LogP contribution in [0.2, 0.25) is 0 Å². The Kier molecular flexibility index (Phi) is 11.7. The van der Waals surface area contributed by atoms with E-state index >= 15 is 0 Å². The number of unbranched alkanes of at least 4 members (excludes halogenated alkanes) is 12. The van der Waals surface area contributed by atoms with Crippen molar-refractivity contribution in [3.8, 4) is 0 Å². The number of hydrogen-bond donors (Lipinski definition) is 1. The van der Waals surface area contributed by atoms with E-state index in [2.05, 4.69) is 26.0 Å². The maximum atomic E-state index is 6.18. The van der Waals surface area contributed by atoms with E-state index < -0.39 is 0 Å². The maximum absolute atomic E-state index is 6.18. The third kappa shape index (κ3) is 10.9. The van der Waals surface area contributed by atoms with Gasteiger partial charge in [-0.15, -0.1) is 0 Å². The van der Waals surface area contributed by atoms with Crippen LogP contribution in [0.5, 0.6) is 0 Å². The Labute approximate surface area is 146 Å². The third-order valence-electron chi connectivity index (χ3n) is 5.43. The minimum Gasteiger partial charge on any atom is -0.236 e. The van der Waals surface area contributed by atoms with Gasteiger partial charge in [-0.25, -0.2) is 4.59 Å². The van der Waals surface area contributed by atoms with Crippen LogP contribution in [0.15, 0.2) is 12.2 Å². The van der Waals surface area contributed by atoms with Gasteiger partial charge in [-0.1, -0.05) is 70.4 Å². The van der Waals surface area contributed by atoms with E-state index in [1.165, 1.54) is 103 Å². The molecule has 136 valence electrons. The zero-order chi connectivity index (χ0) is 16.8. The molecule has 1 saturated heterocycles. The molecule has 23 heavy (non-hydrogen) atoms. The van der Waals surface area contributed by atoms with Gasteiger partial charge >= 0.3 is 0 Å². The number of rotatable bonds is 16. The molecule has 0 spiro atoms. The van der Waals surface area contributed by atoms with E-state index in [1.54, 1.807) is 0 Å². The highest BCUT2D eigenvalue weighted by molar-refractivity contribution is 4.81. The fraction of sp³-hybridized carbons (Fsp3) is 0.905. The van der Waals surface area contributed by atoms with Crippen LogP contribution in [0, 0.1) is 0 Å². The molecular weight excluding hydrogens is 280 g/mol. The first-order chi connectivity index (χ1) is 11.2. The van der Waals surface area contributed by atoms with E-state index in [4.69, 9.17) is 5.84 Å². The van der Waals surface area contributed by atoms with Crippen LogP contribution in [-0.2, 0) is 0 Å². The monoisotopic (exact) mass is 323 g/mol. The van der Waals surface area contributed by atoms with Gasteiger partial charge in [-0.05, 0) is 45.4 Å². The zero-order valence-corrected chi connectivity index (χ0v) is 16.1. The number of hydrogen-bond acceptors (Lipinski definition) is 1. The average Bonchev–Trinajstić information content (AvgIpc) is 3.14. The molecular formula is C21H43N2+. The van der Waals surface area contributed by atoms with E-state index in [1.807, 2.05) is 0 Å². The summed E-state index contributed by atoms with van der Waals surface area (Å²) in [5.74, 6) is 6.18. The highest BCUT2D eigenvalue weighted by atomic mass is 15.7. The average molecular weight is 324 g/mol. The van der Waals surface area contributed by atoms with Gasteiger partial charge in [-0.2, -0.15) is 5.84 Å². The van der Waals surface area contributed by atoms with Crippen LogP contribution < -0.4 is 5.84 Å². The van der Waals surface area contributed by atoms with Crippen molar-refractivity contribution in [3.63, 3.8) is 0 Å². The van der Waals surface area contributed by atoms with E-state index in [-0.39, 0.29) is 0 Å². The Balaban J connectivity index is 1.72. The van der Waals surface area contributed by atoms with Gasteiger partial charge in [0.15, 0.2) is 12.6 Å². The molecule has 0 radical (unpaired) electrons. The lowest BCUT2D eigenvalue weighted by atomic mass is 10.1. The Bertz CT molecular complexity index is 300. The van der Waals surface area contributed by atoms with Crippen LogP contribution in [0.25, 0.3) is 0 Å². The Morgan fingerprint density at radius 1 is 0.783 bits per heavy atom. The molecule has 2 heteroatoms. The molecule has 0 bridgehead atoms. The first kappa shape index (κ1) is 20.7. The molecule has 1 rings (SSSR count). The maximum Gasteiger partial charge on any atom is 0.155 e. The highest BCUT2D eigenvalue weighted by Gasteiger charge is 2.48. The van der Waals surface area contributed by atoms with Gasteiger partial charge in [0.25, 0.3) is 0 Å². The quantitative estimate of drug-likeness (QED) is 0.120. The summed E-state index contributed by atoms with van der Waals surface area (Å²) >= 11 is 0. The predicted octanol–water partition coefficient (Wildman–Crippen LogP) is 6.12. The van der Waals surface area contributed by atoms with Crippen molar-refractivity contribution in [2.45, 2.75) is 110 Å². The molecule has 0 aromatic rings. The van der Waals surface area contributed by atoms with Crippen molar-refractivity contribution in [1.82, 2.24) is 0 Å². The molecule has 1 aliphatic heterocycles. The van der Waals surface area contributed by atoms with E-state index in [0.29, 0.717) is 0 Å². The fourth-order valence-corrected chi connectivity index (χ4v) is 3.41. The lowest BCUT2D eigenvalue weighted by Gasteiger charge is -2.11. The normalized spacial score (nSPS) is 23.7. The Hall–Kier alpha value is -0.340. The van der Waals surface area contributed by atoms with Gasteiger partial charge in [0.05, 0.1) is 6.54 Å². The molecule has 0 aromatic heterocycles. The molecule has 0 aromatic carbocycles. The molecule has 2 nitrogen and oxygen atoms in total. The highest BCUT2D eigenvalue weighted by Crippen LogP contribution is 2.24. The SMILES string of the molecule is CCCCCCCC/C=C\CCCCCCCC[N+]1(N)CC1C. The van der Waals surface area contributed by atoms with E-state index in [9.17, 15) is 0 Å². The predicted molar refractivity (Wildman–Crippen MR) is 103 cm³/mol. The topological polar surface area (TPSA) is 26.0 Å². The van der Waals surface area contributed by atoms with Gasteiger partial charge in [-0.3, -0.25) is 0 Å². The van der Waals surface area contributed by atoms with Crippen LogP contribution in [0.3, 0.4) is 0 Å². The lowest BCUT2D eigenvalue weighted by Crippen LogP contribution is -2.37. The largest absolute Gasteiger partial charge is 0.236 e. The summed E-state index contributed by atoms with van der Waals surface area (Å²) in [5.41, 5.74) is 0. The second-order valence-electron chi connectivity index (χ2n) is 7.80. The first-order valence-electron chi connectivity index (χ1n) is 10.5. The molecule has 0 amide bonds. The number of allylic oxidation sites excluding steroid dienone is 2. The summed E-state index contributed by atoms with van der Waals surface area (Å²) in [6, 6.07) is 0.720. The second kappa shape index (κ2) is 13.0. The summed E-state index contributed by atoms with van der Waals surface area (Å²) in [6.07, 6.45) is 24.1. The molecule has 2 unspecified atom stereocenters. The molecule has 1 fully saturated rings. The minimum atomic E-state index is 0.720. The summed E-state index contributed by atoms with van der Waals surface area (Å²) in [7, 11) is 0. The molecule has 1 aliphatic rings. The van der Waals surface area contributed by atoms with Crippen molar-refractivity contribution in [3.05, 3.63) is 12.2 Å². The molecule has 0 saturated carbocycles. The smallest absolute Gasteiger partial charge is 0.155 e. The van der Waals surface area contributed by atoms with Crippen LogP contribution >= 0.6 is 0 Å². The Morgan fingerprint density at radius 2 is 1.22 bits per heavy atom. The van der Waals surface area contributed by atoms with E-state index in [0.717, 1.165) is 10.6 Å². The standard InChI is InChI=1S/C21H43N2/c1-3-4-5-6-7-8-9-10-11-12-13-14-15-16-17-18-19-23(22)20-21(23)2/h10-11,21H,3-9,12-20,22H2,1-2H3/q+1/b11-10-. The van der Waals surface area contributed by atoms with Crippen molar-refractivity contribution in [2.24, 2.45) is 5.84 Å². The number of quaternary nitrogens is 1. The number of nitrogens with zero attached hydrogens (tertiary/aromatic N) is 1. The zero-order valence-electron chi connectivity index (χ0n) is 16.1. The lowest BCUT2D eigenvalue weighted by molar-refractivity contribution is -0.825. The van der Waals surface area contributed by atoms with Gasteiger partial charge in [0, 0.05) is 0 Å². The summed E-state index contributed by atoms with van der Waals surface area (Å²) in [6.45, 7) is 6.94. The summed E-state index contributed by atoms with van der Waals surface area (Å²) in [4.78, 5) is 0. The number of nitrogens with two attached hydrogens (primary N) is 1. The first-order valence-corrected chi connectivity index (χ1v) is 10.5. The van der Waals surface area contributed by atoms with Crippen LogP contribution in [0.4, 0.5) is 0 Å².